The average molecular weight is 633 g/mol. The third-order valence-corrected chi connectivity index (χ3v) is 12.3. The number of piperidine rings is 1. The zero-order chi connectivity index (χ0) is 32.6. The van der Waals surface area contributed by atoms with Crippen molar-refractivity contribution in [2.45, 2.75) is 82.3 Å². The molecule has 4 amide bonds. The van der Waals surface area contributed by atoms with Crippen LogP contribution in [-0.2, 0) is 26.8 Å². The Balaban J connectivity index is 1.21. The molecule has 46 heavy (non-hydrogen) atoms. The number of aromatic nitrogens is 3. The number of quaternary nitrogens is 1. The molecule has 2 aromatic rings. The number of hydrogen-bond acceptors (Lipinski definition) is 7. The molecule has 7 atom stereocenters. The fourth-order valence-electron chi connectivity index (χ4n) is 8.95. The van der Waals surface area contributed by atoms with E-state index < -0.39 is 17.6 Å². The van der Waals surface area contributed by atoms with Crippen LogP contribution in [0.1, 0.15) is 75.0 Å². The van der Waals surface area contributed by atoms with Crippen molar-refractivity contribution < 1.29 is 23.9 Å². The summed E-state index contributed by atoms with van der Waals surface area (Å²) in [6.07, 6.45) is 9.66. The van der Waals surface area contributed by atoms with Crippen molar-refractivity contribution in [2.75, 3.05) is 27.2 Å². The molecule has 5 unspecified atom stereocenters. The van der Waals surface area contributed by atoms with E-state index in [4.69, 9.17) is 9.72 Å². The second-order valence-electron chi connectivity index (χ2n) is 14.9. The first-order chi connectivity index (χ1) is 21.9. The maximum Gasteiger partial charge on any atom is 0.409 e. The molecule has 2 N–H and O–H groups in total. The maximum atomic E-state index is 14.7. The summed E-state index contributed by atoms with van der Waals surface area (Å²) in [4.78, 5) is 61.1. The van der Waals surface area contributed by atoms with E-state index in [0.717, 1.165) is 44.2 Å². The van der Waals surface area contributed by atoms with Gasteiger partial charge in [-0.3, -0.25) is 19.3 Å². The van der Waals surface area contributed by atoms with E-state index >= 15 is 0 Å². The summed E-state index contributed by atoms with van der Waals surface area (Å²) >= 11 is 0. The van der Waals surface area contributed by atoms with E-state index in [1.807, 2.05) is 26.1 Å². The standard InChI is InChI=1S/C34H45N7O5/c1-20(21-9-10-21)37-31(44)34(14-16-40(19-34)32(45)46-5)25-12-11-23(18-35-25)41(4)26-17-33(26,2)27(22-7-6-8-22)28(30(41)43)38-29(42)24-13-15-36-39(24)3/h11-13,15,18,20-22,26-28H,6-10,14,16-17,19H2,1-5H3,(H-,37,38,42,44)/p+1/t20?,26?,27-,28-,33?,34?,41?/m0/s1. The number of aryl methyl sites for hydroxylation is 1. The topological polar surface area (TPSA) is 136 Å². The molecule has 0 spiro atoms. The van der Waals surface area contributed by atoms with Gasteiger partial charge in [-0.05, 0) is 50.2 Å². The Morgan fingerprint density at radius 3 is 2.50 bits per heavy atom. The summed E-state index contributed by atoms with van der Waals surface area (Å²) in [6.45, 7) is 4.86. The molecule has 4 heterocycles. The first-order valence-corrected chi connectivity index (χ1v) is 16.7. The summed E-state index contributed by atoms with van der Waals surface area (Å²) in [5.74, 6) is 0.482. The molecular formula is C34H46N7O5+. The van der Waals surface area contributed by atoms with Crippen molar-refractivity contribution in [2.24, 2.45) is 30.2 Å². The number of rotatable bonds is 8. The molecule has 246 valence electrons. The van der Waals surface area contributed by atoms with E-state index in [1.54, 1.807) is 30.4 Å². The Morgan fingerprint density at radius 2 is 1.91 bits per heavy atom. The summed E-state index contributed by atoms with van der Waals surface area (Å²) in [5, 5.41) is 10.5. The van der Waals surface area contributed by atoms with Gasteiger partial charge in [0.05, 0.1) is 26.0 Å². The lowest BCUT2D eigenvalue weighted by molar-refractivity contribution is -0.140. The number of fused-ring (bicyclic) bond motifs is 1. The first kappa shape index (κ1) is 30.8. The number of nitrogens with one attached hydrogen (secondary N) is 2. The van der Waals surface area contributed by atoms with Crippen LogP contribution in [0, 0.1) is 23.2 Å². The Kier molecular flexibility index (Phi) is 7.30. The number of carbonyl (C=O) groups excluding carboxylic acids is 4. The lowest BCUT2D eigenvalue weighted by Crippen LogP contribution is -2.69. The van der Waals surface area contributed by atoms with Gasteiger partial charge in [-0.15, -0.1) is 0 Å². The lowest BCUT2D eigenvalue weighted by atomic mass is 9.64. The summed E-state index contributed by atoms with van der Waals surface area (Å²) in [5.41, 5.74) is 0.595. The maximum absolute atomic E-state index is 14.7. The molecule has 5 aliphatic rings. The fraction of sp³-hybridized carbons (Fsp3) is 0.647. The van der Waals surface area contributed by atoms with Gasteiger partial charge in [-0.2, -0.15) is 5.10 Å². The molecule has 0 radical (unpaired) electrons. The third-order valence-electron chi connectivity index (χ3n) is 12.3. The molecule has 3 saturated carbocycles. The van der Waals surface area contributed by atoms with Gasteiger partial charge in [0.2, 0.25) is 5.91 Å². The predicted octanol–water partition coefficient (Wildman–Crippen LogP) is 2.91. The van der Waals surface area contributed by atoms with Crippen LogP contribution in [0.2, 0.25) is 0 Å². The van der Waals surface area contributed by atoms with Crippen LogP contribution < -0.4 is 15.1 Å². The fourth-order valence-corrected chi connectivity index (χ4v) is 8.95. The minimum Gasteiger partial charge on any atom is -0.453 e. The molecule has 2 aromatic heterocycles. The monoisotopic (exact) mass is 632 g/mol. The molecule has 3 aliphatic carbocycles. The Morgan fingerprint density at radius 1 is 1.15 bits per heavy atom. The minimum atomic E-state index is -1.02. The van der Waals surface area contributed by atoms with Gasteiger partial charge in [-0.1, -0.05) is 26.2 Å². The van der Waals surface area contributed by atoms with E-state index in [1.165, 1.54) is 11.8 Å². The number of methoxy groups -OCH3 is 1. The number of amides is 4. The molecule has 12 nitrogen and oxygen atoms in total. The highest BCUT2D eigenvalue weighted by Crippen LogP contribution is 2.65. The second-order valence-corrected chi connectivity index (χ2v) is 14.9. The van der Waals surface area contributed by atoms with E-state index in [9.17, 15) is 19.2 Å². The van der Waals surface area contributed by atoms with Crippen molar-refractivity contribution in [3.8, 4) is 0 Å². The molecule has 5 fully saturated rings. The minimum absolute atomic E-state index is 0.0367. The number of ether oxygens (including phenoxy) is 1. The number of pyridine rings is 1. The van der Waals surface area contributed by atoms with Gasteiger partial charge >= 0.3 is 12.0 Å². The van der Waals surface area contributed by atoms with Crippen molar-refractivity contribution in [3.05, 3.63) is 42.0 Å². The molecule has 0 aromatic carbocycles. The van der Waals surface area contributed by atoms with Crippen molar-refractivity contribution in [1.29, 1.82) is 0 Å². The number of likely N-dealkylation sites (tertiary alicyclic amines) is 2. The summed E-state index contributed by atoms with van der Waals surface area (Å²) < 4.78 is 6.55. The van der Waals surface area contributed by atoms with Gasteiger partial charge in [-0.25, -0.2) is 14.1 Å². The van der Waals surface area contributed by atoms with Crippen LogP contribution in [0.5, 0.6) is 0 Å². The number of hydrogen-bond donors (Lipinski definition) is 2. The predicted molar refractivity (Wildman–Crippen MR) is 169 cm³/mol. The van der Waals surface area contributed by atoms with Crippen LogP contribution in [0.25, 0.3) is 0 Å². The molecule has 12 heteroatoms. The average Bonchev–Trinajstić information content (AvgIpc) is 3.90. The summed E-state index contributed by atoms with van der Waals surface area (Å²) in [7, 11) is 5.02. The van der Waals surface area contributed by atoms with E-state index in [2.05, 4.69) is 22.7 Å². The summed E-state index contributed by atoms with van der Waals surface area (Å²) in [6, 6.07) is 4.91. The zero-order valence-electron chi connectivity index (χ0n) is 27.5. The van der Waals surface area contributed by atoms with Crippen LogP contribution in [0.15, 0.2) is 30.6 Å². The Hall–Kier alpha value is -3.80. The normalized spacial score (nSPS) is 34.3. The van der Waals surface area contributed by atoms with Crippen LogP contribution in [0.3, 0.4) is 0 Å². The quantitative estimate of drug-likeness (QED) is 0.428. The van der Waals surface area contributed by atoms with Gasteiger partial charge in [0, 0.05) is 56.2 Å². The number of carbonyl (C=O) groups is 4. The molecule has 2 aliphatic heterocycles. The van der Waals surface area contributed by atoms with Crippen molar-refractivity contribution in [3.63, 3.8) is 0 Å². The lowest BCUT2D eigenvalue weighted by Gasteiger charge is -2.49. The van der Waals surface area contributed by atoms with E-state index in [0.29, 0.717) is 36.2 Å². The Labute approximate surface area is 269 Å². The first-order valence-electron chi connectivity index (χ1n) is 16.7. The van der Waals surface area contributed by atoms with Crippen LogP contribution in [0.4, 0.5) is 10.5 Å². The number of likely N-dealkylation sites (N-methyl/N-ethyl adjacent to an activating group) is 1. The highest BCUT2D eigenvalue weighted by molar-refractivity contribution is 6.01. The van der Waals surface area contributed by atoms with Crippen LogP contribution in [-0.4, -0.2) is 88.9 Å². The highest BCUT2D eigenvalue weighted by Gasteiger charge is 2.76. The Bertz CT molecular complexity index is 1570. The SMILES string of the molecule is COC(=O)N1CCC(C(=O)NC(C)C2CC2)(c2ccc([N+]3(C)C(=O)[C@@H](NC(=O)c4ccnn4C)[C@H](C4CCC4)C4(C)CC43)cn2)C1. The highest BCUT2D eigenvalue weighted by atomic mass is 16.5. The van der Waals surface area contributed by atoms with Crippen LogP contribution >= 0.6 is 0 Å². The van der Waals surface area contributed by atoms with Crippen molar-refractivity contribution >= 4 is 29.5 Å². The van der Waals surface area contributed by atoms with E-state index in [-0.39, 0.29) is 52.2 Å². The smallest absolute Gasteiger partial charge is 0.409 e. The van der Waals surface area contributed by atoms with Gasteiger partial charge in [0.15, 0.2) is 5.69 Å². The third kappa shape index (κ3) is 4.65. The molecule has 7 rings (SSSR count). The number of nitrogens with zero attached hydrogens (tertiary/aromatic N) is 5. The molecule has 2 saturated heterocycles. The van der Waals surface area contributed by atoms with Crippen molar-refractivity contribution in [1.82, 2.24) is 34.8 Å². The molecule has 0 bridgehead atoms. The second kappa shape index (κ2) is 10.9. The molecular weight excluding hydrogens is 586 g/mol. The van der Waals surface area contributed by atoms with Gasteiger partial charge in [0.1, 0.15) is 23.2 Å². The zero-order valence-corrected chi connectivity index (χ0v) is 27.5. The van der Waals surface area contributed by atoms with Gasteiger partial charge in [0.25, 0.3) is 5.91 Å². The van der Waals surface area contributed by atoms with Gasteiger partial charge < -0.3 is 20.3 Å². The largest absolute Gasteiger partial charge is 0.453 e.